The summed E-state index contributed by atoms with van der Waals surface area (Å²) in [6, 6.07) is 10.4. The van der Waals surface area contributed by atoms with Crippen molar-refractivity contribution < 1.29 is 9.59 Å². The van der Waals surface area contributed by atoms with Gasteiger partial charge < -0.3 is 0 Å². The number of carbonyl (C=O) groups is 2. The first kappa shape index (κ1) is 10.2. The van der Waals surface area contributed by atoms with E-state index in [0.29, 0.717) is 27.8 Å². The Morgan fingerprint density at radius 1 is 0.842 bits per heavy atom. The van der Waals surface area contributed by atoms with Crippen LogP contribution in [0.15, 0.2) is 42.6 Å². The molecule has 0 spiro atoms. The average molecular weight is 248 g/mol. The maximum Gasteiger partial charge on any atom is 0.196 e. The minimum atomic E-state index is -0.125. The molecule has 1 aromatic heterocycles. The van der Waals surface area contributed by atoms with Crippen molar-refractivity contribution in [1.29, 1.82) is 0 Å². The van der Waals surface area contributed by atoms with Crippen molar-refractivity contribution in [2.24, 2.45) is 0 Å². The second-order valence-corrected chi connectivity index (χ2v) is 4.53. The molecule has 0 amide bonds. The molecule has 19 heavy (non-hydrogen) atoms. The largest absolute Gasteiger partial charge is 0.289 e. The van der Waals surface area contributed by atoms with E-state index in [1.807, 2.05) is 0 Å². The van der Waals surface area contributed by atoms with E-state index < -0.39 is 0 Å². The normalized spacial score (nSPS) is 13.5. The molecule has 0 saturated heterocycles. The second kappa shape index (κ2) is 3.38. The number of ketones is 2. The van der Waals surface area contributed by atoms with Gasteiger partial charge in [-0.25, -0.2) is 0 Å². The molecule has 4 heteroatoms. The molecule has 0 atom stereocenters. The van der Waals surface area contributed by atoms with Crippen LogP contribution in [-0.2, 0) is 0 Å². The summed E-state index contributed by atoms with van der Waals surface area (Å²) in [5.41, 5.74) is 2.44. The molecule has 0 unspecified atom stereocenters. The number of rotatable bonds is 0. The Bertz CT molecular complexity index is 861. The van der Waals surface area contributed by atoms with Gasteiger partial charge in [-0.05, 0) is 6.07 Å². The first-order valence-electron chi connectivity index (χ1n) is 5.92. The molecule has 3 aromatic rings. The molecule has 1 heterocycles. The summed E-state index contributed by atoms with van der Waals surface area (Å²) in [4.78, 5) is 25.0. The molecule has 0 saturated carbocycles. The fourth-order valence-corrected chi connectivity index (χ4v) is 2.60. The third kappa shape index (κ3) is 1.20. The number of hydrogen-bond donors (Lipinski definition) is 1. The van der Waals surface area contributed by atoms with E-state index in [1.54, 1.807) is 42.6 Å². The molecule has 0 aliphatic heterocycles. The topological polar surface area (TPSA) is 62.8 Å². The van der Waals surface area contributed by atoms with Gasteiger partial charge in [0, 0.05) is 22.1 Å². The van der Waals surface area contributed by atoms with Crippen molar-refractivity contribution in [3.8, 4) is 0 Å². The van der Waals surface area contributed by atoms with E-state index in [2.05, 4.69) is 10.2 Å². The minimum absolute atomic E-state index is 0.110. The number of nitrogens with one attached hydrogen (secondary N) is 1. The van der Waals surface area contributed by atoms with E-state index >= 15 is 0 Å². The van der Waals surface area contributed by atoms with Gasteiger partial charge in [-0.2, -0.15) is 5.10 Å². The molecule has 90 valence electrons. The Morgan fingerprint density at radius 3 is 2.37 bits per heavy atom. The quantitative estimate of drug-likeness (QED) is 0.519. The van der Waals surface area contributed by atoms with Gasteiger partial charge >= 0.3 is 0 Å². The van der Waals surface area contributed by atoms with Crippen LogP contribution in [-0.4, -0.2) is 21.8 Å². The monoisotopic (exact) mass is 248 g/mol. The number of H-pyrrole nitrogens is 1. The standard InChI is InChI=1S/C15H8N2O2/c18-14-9-3-1-2-4-10(9)15(19)12-11(14)6-5-8-7-16-17-13(8)12/h1-7H,(H,16,17). The van der Waals surface area contributed by atoms with E-state index in [4.69, 9.17) is 0 Å². The Labute approximate surface area is 108 Å². The smallest absolute Gasteiger partial charge is 0.196 e. The van der Waals surface area contributed by atoms with Crippen LogP contribution in [0.2, 0.25) is 0 Å². The molecule has 0 bridgehead atoms. The predicted molar refractivity (Wildman–Crippen MR) is 69.4 cm³/mol. The van der Waals surface area contributed by atoms with Crippen LogP contribution in [0.5, 0.6) is 0 Å². The van der Waals surface area contributed by atoms with Crippen molar-refractivity contribution in [2.45, 2.75) is 0 Å². The van der Waals surface area contributed by atoms with Crippen LogP contribution < -0.4 is 0 Å². The second-order valence-electron chi connectivity index (χ2n) is 4.53. The number of carbonyl (C=O) groups excluding carboxylic acids is 2. The summed E-state index contributed by atoms with van der Waals surface area (Å²) < 4.78 is 0. The third-order valence-corrected chi connectivity index (χ3v) is 3.51. The Morgan fingerprint density at radius 2 is 1.58 bits per heavy atom. The summed E-state index contributed by atoms with van der Waals surface area (Å²) >= 11 is 0. The lowest BCUT2D eigenvalue weighted by atomic mass is 9.83. The highest BCUT2D eigenvalue weighted by molar-refractivity contribution is 6.31. The molecule has 0 fully saturated rings. The fraction of sp³-hybridized carbons (Fsp3) is 0. The zero-order valence-corrected chi connectivity index (χ0v) is 9.81. The number of nitrogens with zero attached hydrogens (tertiary/aromatic N) is 1. The van der Waals surface area contributed by atoms with E-state index in [1.165, 1.54) is 0 Å². The van der Waals surface area contributed by atoms with Crippen molar-refractivity contribution in [3.05, 3.63) is 64.8 Å². The summed E-state index contributed by atoms with van der Waals surface area (Å²) in [5, 5.41) is 7.58. The number of hydrogen-bond acceptors (Lipinski definition) is 3. The maximum absolute atomic E-state index is 12.6. The van der Waals surface area contributed by atoms with Gasteiger partial charge in [0.1, 0.15) is 0 Å². The number of fused-ring (bicyclic) bond motifs is 4. The van der Waals surface area contributed by atoms with Crippen LogP contribution in [0.4, 0.5) is 0 Å². The molecule has 4 nitrogen and oxygen atoms in total. The van der Waals surface area contributed by atoms with E-state index in [0.717, 1.165) is 5.39 Å². The summed E-state index contributed by atoms with van der Waals surface area (Å²) in [5.74, 6) is -0.234. The average Bonchev–Trinajstić information content (AvgIpc) is 2.92. The van der Waals surface area contributed by atoms with Gasteiger partial charge in [0.25, 0.3) is 0 Å². The maximum atomic E-state index is 12.6. The van der Waals surface area contributed by atoms with E-state index in [-0.39, 0.29) is 11.6 Å². The number of benzene rings is 2. The van der Waals surface area contributed by atoms with Crippen molar-refractivity contribution >= 4 is 22.5 Å². The van der Waals surface area contributed by atoms with Crippen molar-refractivity contribution in [2.75, 3.05) is 0 Å². The Hall–Kier alpha value is -2.75. The van der Waals surface area contributed by atoms with Gasteiger partial charge in [-0.1, -0.05) is 30.3 Å². The Kier molecular flexibility index (Phi) is 1.82. The molecule has 0 radical (unpaired) electrons. The van der Waals surface area contributed by atoms with Gasteiger partial charge in [-0.3, -0.25) is 14.7 Å². The highest BCUT2D eigenvalue weighted by atomic mass is 16.1. The van der Waals surface area contributed by atoms with Crippen molar-refractivity contribution in [1.82, 2.24) is 10.2 Å². The number of aromatic nitrogens is 2. The van der Waals surface area contributed by atoms with Crippen LogP contribution in [0.1, 0.15) is 31.8 Å². The van der Waals surface area contributed by atoms with Gasteiger partial charge in [0.15, 0.2) is 11.6 Å². The molecule has 1 aliphatic carbocycles. The molecular weight excluding hydrogens is 240 g/mol. The lowest BCUT2D eigenvalue weighted by Crippen LogP contribution is -2.21. The molecule has 2 aromatic carbocycles. The lowest BCUT2D eigenvalue weighted by Gasteiger charge is -2.17. The zero-order chi connectivity index (χ0) is 13.0. The molecule has 4 rings (SSSR count). The highest BCUT2D eigenvalue weighted by Gasteiger charge is 2.31. The summed E-state index contributed by atoms with van der Waals surface area (Å²) in [6.07, 6.45) is 1.65. The summed E-state index contributed by atoms with van der Waals surface area (Å²) in [6.45, 7) is 0. The van der Waals surface area contributed by atoms with Crippen LogP contribution in [0, 0.1) is 0 Å². The van der Waals surface area contributed by atoms with Crippen LogP contribution >= 0.6 is 0 Å². The zero-order valence-electron chi connectivity index (χ0n) is 9.81. The molecule has 1 N–H and O–H groups in total. The lowest BCUT2D eigenvalue weighted by molar-refractivity contribution is 0.0980. The van der Waals surface area contributed by atoms with E-state index in [9.17, 15) is 9.59 Å². The predicted octanol–water partition coefficient (Wildman–Crippen LogP) is 2.34. The van der Waals surface area contributed by atoms with Gasteiger partial charge in [-0.15, -0.1) is 0 Å². The first-order valence-corrected chi connectivity index (χ1v) is 5.92. The van der Waals surface area contributed by atoms with Crippen molar-refractivity contribution in [3.63, 3.8) is 0 Å². The fourth-order valence-electron chi connectivity index (χ4n) is 2.60. The molecular formula is C15H8N2O2. The SMILES string of the molecule is O=C1c2ccccc2C(=O)c2c1ccc1cn[nH]c21. The number of aromatic amines is 1. The Balaban J connectivity index is 2.14. The van der Waals surface area contributed by atoms with Gasteiger partial charge in [0.2, 0.25) is 0 Å². The minimum Gasteiger partial charge on any atom is -0.289 e. The highest BCUT2D eigenvalue weighted by Crippen LogP contribution is 2.31. The molecule has 1 aliphatic rings. The van der Waals surface area contributed by atoms with Crippen LogP contribution in [0.3, 0.4) is 0 Å². The van der Waals surface area contributed by atoms with Crippen LogP contribution in [0.25, 0.3) is 10.9 Å². The van der Waals surface area contributed by atoms with Gasteiger partial charge in [0.05, 0.1) is 17.3 Å². The third-order valence-electron chi connectivity index (χ3n) is 3.51. The first-order chi connectivity index (χ1) is 9.27. The summed E-state index contributed by atoms with van der Waals surface area (Å²) in [7, 11) is 0.